The molecular weight excluding hydrogens is 372 g/mol. The van der Waals surface area contributed by atoms with Crippen LogP contribution in [0.4, 0.5) is 5.69 Å². The first-order chi connectivity index (χ1) is 12.3. The zero-order valence-corrected chi connectivity index (χ0v) is 16.3. The largest absolute Gasteiger partial charge is 0.345 e. The summed E-state index contributed by atoms with van der Waals surface area (Å²) in [6.07, 6.45) is 3.99. The Labute approximate surface area is 159 Å². The second-order valence-electron chi connectivity index (χ2n) is 6.51. The Morgan fingerprint density at radius 3 is 2.69 bits per heavy atom. The summed E-state index contributed by atoms with van der Waals surface area (Å²) < 4.78 is 24.6. The van der Waals surface area contributed by atoms with Crippen molar-refractivity contribution >= 4 is 33.2 Å². The molecule has 2 aromatic rings. The zero-order chi connectivity index (χ0) is 18.9. The number of anilines is 1. The molecule has 3 rings (SSSR count). The predicted molar refractivity (Wildman–Crippen MR) is 104 cm³/mol. The Bertz CT molecular complexity index is 944. The number of hydrogen-bond acceptors (Lipinski definition) is 3. The second-order valence-corrected chi connectivity index (χ2v) is 8.93. The maximum atomic E-state index is 12.8. The molecule has 0 fully saturated rings. The maximum absolute atomic E-state index is 12.8. The lowest BCUT2D eigenvalue weighted by Gasteiger charge is -2.26. The van der Waals surface area contributed by atoms with E-state index in [0.717, 1.165) is 35.4 Å². The summed E-state index contributed by atoms with van der Waals surface area (Å²) in [5, 5.41) is 3.33. The van der Waals surface area contributed by atoms with Crippen molar-refractivity contribution in [1.29, 1.82) is 0 Å². The lowest BCUT2D eigenvalue weighted by atomic mass is 9.87. The number of amides is 1. The van der Waals surface area contributed by atoms with Gasteiger partial charge in [0.15, 0.2) is 0 Å². The molecule has 5 nitrogen and oxygen atoms in total. The van der Waals surface area contributed by atoms with Crippen molar-refractivity contribution in [2.24, 2.45) is 0 Å². The number of carbonyl (C=O) groups is 1. The van der Waals surface area contributed by atoms with Gasteiger partial charge in [-0.1, -0.05) is 35.9 Å². The molecule has 7 heteroatoms. The van der Waals surface area contributed by atoms with Gasteiger partial charge in [-0.3, -0.25) is 9.10 Å². The van der Waals surface area contributed by atoms with E-state index >= 15 is 0 Å². The number of carbonyl (C=O) groups excluding carboxylic acids is 1. The number of rotatable bonds is 4. The van der Waals surface area contributed by atoms with E-state index in [2.05, 4.69) is 11.4 Å². The zero-order valence-electron chi connectivity index (χ0n) is 14.7. The molecule has 138 valence electrons. The smallest absolute Gasteiger partial charge is 0.253 e. The first-order valence-electron chi connectivity index (χ1n) is 8.39. The van der Waals surface area contributed by atoms with Gasteiger partial charge >= 0.3 is 0 Å². The van der Waals surface area contributed by atoms with Gasteiger partial charge in [0.2, 0.25) is 10.0 Å². The van der Waals surface area contributed by atoms with Crippen LogP contribution in [-0.4, -0.2) is 27.6 Å². The summed E-state index contributed by atoms with van der Waals surface area (Å²) in [5.41, 5.74) is 3.04. The number of aryl methyl sites for hydroxylation is 1. The molecule has 0 unspecified atom stereocenters. The van der Waals surface area contributed by atoms with E-state index in [1.807, 2.05) is 18.2 Å². The van der Waals surface area contributed by atoms with E-state index in [4.69, 9.17) is 11.6 Å². The molecule has 1 atom stereocenters. The highest BCUT2D eigenvalue weighted by molar-refractivity contribution is 7.92. The Hall–Kier alpha value is -2.05. The standard InChI is InChI=1S/C19H21ClN2O3S/c1-22(26(2,24)25)14-10-11-17(20)16(12-14)19(23)21-18-9-5-7-13-6-3-4-8-15(13)18/h3-4,6,8,10-12,18H,5,7,9H2,1-2H3,(H,21,23)/t18-/m0/s1. The highest BCUT2D eigenvalue weighted by atomic mass is 35.5. The van der Waals surface area contributed by atoms with Crippen LogP contribution < -0.4 is 9.62 Å². The summed E-state index contributed by atoms with van der Waals surface area (Å²) >= 11 is 6.20. The van der Waals surface area contributed by atoms with Gasteiger partial charge in [0, 0.05) is 7.05 Å². The van der Waals surface area contributed by atoms with Gasteiger partial charge in [-0.2, -0.15) is 0 Å². The van der Waals surface area contributed by atoms with Gasteiger partial charge in [0.25, 0.3) is 5.91 Å². The number of nitrogens with one attached hydrogen (secondary N) is 1. The van der Waals surface area contributed by atoms with E-state index in [-0.39, 0.29) is 22.5 Å². The lowest BCUT2D eigenvalue weighted by molar-refractivity contribution is 0.0933. The molecule has 1 N–H and O–H groups in total. The van der Waals surface area contributed by atoms with Crippen LogP contribution in [0.3, 0.4) is 0 Å². The number of benzene rings is 2. The van der Waals surface area contributed by atoms with Gasteiger partial charge < -0.3 is 5.32 Å². The van der Waals surface area contributed by atoms with E-state index < -0.39 is 10.0 Å². The molecule has 0 aliphatic heterocycles. The van der Waals surface area contributed by atoms with Gasteiger partial charge in [-0.15, -0.1) is 0 Å². The van der Waals surface area contributed by atoms with Crippen molar-refractivity contribution in [2.75, 3.05) is 17.6 Å². The van der Waals surface area contributed by atoms with E-state index in [1.54, 1.807) is 12.1 Å². The predicted octanol–water partition coefficient (Wildman–Crippen LogP) is 3.54. The molecule has 1 aliphatic carbocycles. The third-order valence-corrected chi connectivity index (χ3v) is 6.27. The van der Waals surface area contributed by atoms with E-state index in [1.165, 1.54) is 18.7 Å². The van der Waals surface area contributed by atoms with Crippen molar-refractivity contribution < 1.29 is 13.2 Å². The van der Waals surface area contributed by atoms with E-state index in [9.17, 15) is 13.2 Å². The van der Waals surface area contributed by atoms with Crippen LogP contribution >= 0.6 is 11.6 Å². The van der Waals surface area contributed by atoms with Crippen LogP contribution in [-0.2, 0) is 16.4 Å². The monoisotopic (exact) mass is 392 g/mol. The number of nitrogens with zero attached hydrogens (tertiary/aromatic N) is 1. The minimum atomic E-state index is -3.42. The topological polar surface area (TPSA) is 66.5 Å². The number of hydrogen-bond donors (Lipinski definition) is 1. The van der Waals surface area contributed by atoms with Gasteiger partial charge in [-0.25, -0.2) is 8.42 Å². The minimum absolute atomic E-state index is 0.0696. The molecule has 0 saturated heterocycles. The Balaban J connectivity index is 1.87. The molecular formula is C19H21ClN2O3S. The Morgan fingerprint density at radius 2 is 1.96 bits per heavy atom. The molecule has 0 radical (unpaired) electrons. The van der Waals surface area contributed by atoms with Crippen molar-refractivity contribution in [3.05, 3.63) is 64.2 Å². The van der Waals surface area contributed by atoms with Crippen LogP contribution in [0, 0.1) is 0 Å². The Kier molecular flexibility index (Phi) is 5.25. The molecule has 0 saturated carbocycles. The lowest BCUT2D eigenvalue weighted by Crippen LogP contribution is -2.31. The normalized spacial score (nSPS) is 16.7. The molecule has 26 heavy (non-hydrogen) atoms. The third kappa shape index (κ3) is 3.86. The average Bonchev–Trinajstić information content (AvgIpc) is 2.61. The summed E-state index contributed by atoms with van der Waals surface area (Å²) in [4.78, 5) is 12.8. The third-order valence-electron chi connectivity index (χ3n) is 4.73. The van der Waals surface area contributed by atoms with Crippen molar-refractivity contribution in [3.8, 4) is 0 Å². The fraction of sp³-hybridized carbons (Fsp3) is 0.316. The molecule has 0 aromatic heterocycles. The highest BCUT2D eigenvalue weighted by Crippen LogP contribution is 2.31. The molecule has 2 aromatic carbocycles. The van der Waals surface area contributed by atoms with Crippen LogP contribution in [0.25, 0.3) is 0 Å². The highest BCUT2D eigenvalue weighted by Gasteiger charge is 2.23. The molecule has 1 aliphatic rings. The summed E-state index contributed by atoms with van der Waals surface area (Å²) in [6, 6.07) is 12.7. The SMILES string of the molecule is CN(c1ccc(Cl)c(C(=O)N[C@H]2CCCc3ccccc32)c1)S(C)(=O)=O. The average molecular weight is 393 g/mol. The Morgan fingerprint density at radius 1 is 1.23 bits per heavy atom. The van der Waals surface area contributed by atoms with Crippen molar-refractivity contribution in [2.45, 2.75) is 25.3 Å². The number of halogens is 1. The first-order valence-corrected chi connectivity index (χ1v) is 10.6. The first kappa shape index (κ1) is 18.7. The summed E-state index contributed by atoms with van der Waals surface area (Å²) in [5.74, 6) is -0.305. The second kappa shape index (κ2) is 7.29. The fourth-order valence-electron chi connectivity index (χ4n) is 3.21. The quantitative estimate of drug-likeness (QED) is 0.865. The minimum Gasteiger partial charge on any atom is -0.345 e. The van der Waals surface area contributed by atoms with Gasteiger partial charge in [0.05, 0.1) is 28.6 Å². The number of sulfonamides is 1. The van der Waals surface area contributed by atoms with Crippen molar-refractivity contribution in [1.82, 2.24) is 5.32 Å². The molecule has 0 heterocycles. The van der Waals surface area contributed by atoms with Crippen LogP contribution in [0.2, 0.25) is 5.02 Å². The summed E-state index contributed by atoms with van der Waals surface area (Å²) in [6.45, 7) is 0. The van der Waals surface area contributed by atoms with Crippen LogP contribution in [0.1, 0.15) is 40.4 Å². The fourth-order valence-corrected chi connectivity index (χ4v) is 3.91. The van der Waals surface area contributed by atoms with Crippen LogP contribution in [0.5, 0.6) is 0 Å². The maximum Gasteiger partial charge on any atom is 0.253 e. The van der Waals surface area contributed by atoms with Gasteiger partial charge in [0.1, 0.15) is 0 Å². The number of fused-ring (bicyclic) bond motifs is 1. The molecule has 0 spiro atoms. The van der Waals surface area contributed by atoms with Crippen LogP contribution in [0.15, 0.2) is 42.5 Å². The van der Waals surface area contributed by atoms with E-state index in [0.29, 0.717) is 5.69 Å². The molecule has 1 amide bonds. The van der Waals surface area contributed by atoms with Crippen molar-refractivity contribution in [3.63, 3.8) is 0 Å². The summed E-state index contributed by atoms with van der Waals surface area (Å²) in [7, 11) is -1.98. The molecule has 0 bridgehead atoms. The van der Waals surface area contributed by atoms with Gasteiger partial charge in [-0.05, 0) is 48.6 Å².